The molecule has 0 saturated heterocycles. The van der Waals surface area contributed by atoms with Crippen LogP contribution in [-0.2, 0) is 0 Å². The maximum absolute atomic E-state index is 11.5. The molecule has 1 heterocycles. The number of rotatable bonds is 2. The molecule has 1 amide bonds. The first-order valence-electron chi connectivity index (χ1n) is 5.38. The van der Waals surface area contributed by atoms with Gasteiger partial charge in [0.2, 0.25) is 5.88 Å². The zero-order valence-corrected chi connectivity index (χ0v) is 12.0. The zero-order chi connectivity index (χ0) is 13.1. The number of nitrogens with one attached hydrogen (secondary N) is 1. The zero-order valence-electron chi connectivity index (χ0n) is 10.5. The van der Waals surface area contributed by atoms with E-state index < -0.39 is 6.09 Å². The summed E-state index contributed by atoms with van der Waals surface area (Å²) in [5.74, 6) is 0.295. The molecule has 5 heteroatoms. The summed E-state index contributed by atoms with van der Waals surface area (Å²) in [4.78, 5) is 15.8. The van der Waals surface area contributed by atoms with E-state index in [4.69, 9.17) is 4.74 Å². The monoisotopic (exact) mass is 300 g/mol. The molecule has 1 atom stereocenters. The first-order chi connectivity index (χ1) is 7.78. The molecule has 1 aromatic rings. The van der Waals surface area contributed by atoms with E-state index in [1.807, 2.05) is 33.8 Å². The summed E-state index contributed by atoms with van der Waals surface area (Å²) in [5.41, 5.74) is 0.718. The summed E-state index contributed by atoms with van der Waals surface area (Å²) in [6.07, 6.45) is 1.18. The Balaban J connectivity index is 2.61. The van der Waals surface area contributed by atoms with E-state index in [9.17, 15) is 4.79 Å². The highest BCUT2D eigenvalue weighted by Crippen LogP contribution is 2.21. The lowest BCUT2D eigenvalue weighted by Gasteiger charge is -2.19. The van der Waals surface area contributed by atoms with Gasteiger partial charge in [0.05, 0.1) is 0 Å². The molecular weight excluding hydrogens is 284 g/mol. The highest BCUT2D eigenvalue weighted by molar-refractivity contribution is 9.09. The van der Waals surface area contributed by atoms with Crippen molar-refractivity contribution in [3.8, 4) is 5.88 Å². The predicted octanol–water partition coefficient (Wildman–Crippen LogP) is 3.42. The fourth-order valence-corrected chi connectivity index (χ4v) is 1.38. The Labute approximate surface area is 110 Å². The third-order valence-corrected chi connectivity index (χ3v) is 2.42. The minimum absolute atomic E-state index is 0.229. The van der Waals surface area contributed by atoms with Gasteiger partial charge in [-0.05, 0) is 33.3 Å². The van der Waals surface area contributed by atoms with E-state index in [2.05, 4.69) is 26.2 Å². The van der Waals surface area contributed by atoms with Crippen LogP contribution < -0.4 is 10.1 Å². The van der Waals surface area contributed by atoms with E-state index >= 15 is 0 Å². The van der Waals surface area contributed by atoms with Gasteiger partial charge in [-0.2, -0.15) is 0 Å². The molecular formula is C12H17BrN2O2. The molecule has 0 aliphatic carbocycles. The highest BCUT2D eigenvalue weighted by Gasteiger charge is 2.15. The number of hydrogen-bond donors (Lipinski definition) is 1. The van der Waals surface area contributed by atoms with Crippen molar-refractivity contribution in [2.24, 2.45) is 0 Å². The van der Waals surface area contributed by atoms with Crippen LogP contribution in [0.2, 0.25) is 0 Å². The fourth-order valence-electron chi connectivity index (χ4n) is 1.11. The molecule has 1 unspecified atom stereocenters. The summed E-state index contributed by atoms with van der Waals surface area (Å²) in [6.45, 7) is 7.66. The largest absolute Gasteiger partial charge is 0.414 e. The molecule has 1 N–H and O–H groups in total. The van der Waals surface area contributed by atoms with E-state index in [0.29, 0.717) is 5.88 Å². The van der Waals surface area contributed by atoms with Crippen molar-refractivity contribution in [1.29, 1.82) is 0 Å². The number of amides is 1. The quantitative estimate of drug-likeness (QED) is 0.852. The minimum atomic E-state index is -0.496. The third-order valence-electron chi connectivity index (χ3n) is 1.89. The summed E-state index contributed by atoms with van der Waals surface area (Å²) in [7, 11) is 0. The average Bonchev–Trinajstić information content (AvgIpc) is 2.15. The summed E-state index contributed by atoms with van der Waals surface area (Å²) in [5, 5.41) is 2.69. The second-order valence-electron chi connectivity index (χ2n) is 4.81. The Morgan fingerprint density at radius 2 is 2.12 bits per heavy atom. The van der Waals surface area contributed by atoms with Crippen LogP contribution in [0.5, 0.6) is 5.88 Å². The number of alkyl halides is 1. The molecule has 1 rings (SSSR count). The maximum Gasteiger partial charge on any atom is 0.414 e. The van der Waals surface area contributed by atoms with Gasteiger partial charge >= 0.3 is 6.09 Å². The number of ether oxygens (including phenoxy) is 1. The normalized spacial score (nSPS) is 13.0. The Morgan fingerprint density at radius 3 is 2.53 bits per heavy atom. The van der Waals surface area contributed by atoms with Gasteiger partial charge in [-0.15, -0.1) is 0 Å². The number of halogens is 1. The maximum atomic E-state index is 11.5. The van der Waals surface area contributed by atoms with Crippen LogP contribution >= 0.6 is 15.9 Å². The van der Waals surface area contributed by atoms with E-state index in [-0.39, 0.29) is 10.4 Å². The second-order valence-corrected chi connectivity index (χ2v) is 6.18. The highest BCUT2D eigenvalue weighted by atomic mass is 79.9. The van der Waals surface area contributed by atoms with Gasteiger partial charge in [-0.1, -0.05) is 22.0 Å². The Hall–Kier alpha value is -1.10. The van der Waals surface area contributed by atoms with Crippen LogP contribution in [0.1, 0.15) is 38.1 Å². The molecule has 1 aromatic heterocycles. The van der Waals surface area contributed by atoms with Gasteiger partial charge in [0.15, 0.2) is 0 Å². The number of carbonyl (C=O) groups is 1. The van der Waals surface area contributed by atoms with Crippen molar-refractivity contribution >= 4 is 22.0 Å². The standard InChI is InChI=1S/C12H17BrN2O2/c1-8(13)9-5-6-10(14-7-9)17-11(16)15-12(2,3)4/h5-8H,1-4H3,(H,15,16). The molecule has 0 aliphatic rings. The Bertz CT molecular complexity index is 382. The van der Waals surface area contributed by atoms with Crippen LogP contribution in [-0.4, -0.2) is 16.6 Å². The van der Waals surface area contributed by atoms with Gasteiger partial charge in [0.1, 0.15) is 0 Å². The molecule has 17 heavy (non-hydrogen) atoms. The Kier molecular flexibility index (Phi) is 4.51. The van der Waals surface area contributed by atoms with Crippen molar-refractivity contribution in [3.63, 3.8) is 0 Å². The van der Waals surface area contributed by atoms with Crippen LogP contribution in [0.4, 0.5) is 4.79 Å². The topological polar surface area (TPSA) is 51.2 Å². The smallest absolute Gasteiger partial charge is 0.391 e. The van der Waals surface area contributed by atoms with E-state index in [1.54, 1.807) is 12.3 Å². The summed E-state index contributed by atoms with van der Waals surface area (Å²) in [6, 6.07) is 3.54. The average molecular weight is 301 g/mol. The van der Waals surface area contributed by atoms with Crippen LogP contribution in [0, 0.1) is 0 Å². The lowest BCUT2D eigenvalue weighted by Crippen LogP contribution is -2.42. The number of carbonyl (C=O) groups excluding carboxylic acids is 1. The first kappa shape index (κ1) is 14.0. The molecule has 4 nitrogen and oxygen atoms in total. The number of aromatic nitrogens is 1. The molecule has 94 valence electrons. The first-order valence-corrected chi connectivity index (χ1v) is 6.29. The van der Waals surface area contributed by atoms with Gasteiger partial charge < -0.3 is 10.1 Å². The lowest BCUT2D eigenvalue weighted by molar-refractivity contribution is 0.189. The molecule has 0 spiro atoms. The predicted molar refractivity (Wildman–Crippen MR) is 70.5 cm³/mol. The van der Waals surface area contributed by atoms with Crippen LogP contribution in [0.15, 0.2) is 18.3 Å². The molecule has 0 aliphatic heterocycles. The van der Waals surface area contributed by atoms with Crippen molar-refractivity contribution in [3.05, 3.63) is 23.9 Å². The molecule has 0 fully saturated rings. The van der Waals surface area contributed by atoms with Crippen molar-refractivity contribution in [1.82, 2.24) is 10.3 Å². The fraction of sp³-hybridized carbons (Fsp3) is 0.500. The Morgan fingerprint density at radius 1 is 1.47 bits per heavy atom. The lowest BCUT2D eigenvalue weighted by atomic mass is 10.1. The SMILES string of the molecule is CC(Br)c1ccc(OC(=O)NC(C)(C)C)nc1. The van der Waals surface area contributed by atoms with Crippen LogP contribution in [0.25, 0.3) is 0 Å². The molecule has 0 aromatic carbocycles. The number of hydrogen-bond acceptors (Lipinski definition) is 3. The van der Waals surface area contributed by atoms with Crippen molar-refractivity contribution < 1.29 is 9.53 Å². The summed E-state index contributed by atoms with van der Waals surface area (Å²) < 4.78 is 5.05. The third kappa shape index (κ3) is 5.17. The van der Waals surface area contributed by atoms with E-state index in [1.165, 1.54) is 0 Å². The van der Waals surface area contributed by atoms with Crippen LogP contribution in [0.3, 0.4) is 0 Å². The number of pyridine rings is 1. The van der Waals surface area contributed by atoms with Gasteiger partial charge in [0, 0.05) is 22.6 Å². The molecule has 0 saturated carbocycles. The van der Waals surface area contributed by atoms with Gasteiger partial charge in [0.25, 0.3) is 0 Å². The van der Waals surface area contributed by atoms with Crippen molar-refractivity contribution in [2.45, 2.75) is 38.1 Å². The van der Waals surface area contributed by atoms with Gasteiger partial charge in [-0.3, -0.25) is 0 Å². The summed E-state index contributed by atoms with van der Waals surface area (Å²) >= 11 is 3.44. The second kappa shape index (κ2) is 5.49. The van der Waals surface area contributed by atoms with Crippen molar-refractivity contribution in [2.75, 3.05) is 0 Å². The molecule has 0 bridgehead atoms. The minimum Gasteiger partial charge on any atom is -0.391 e. The number of nitrogens with zero attached hydrogens (tertiary/aromatic N) is 1. The molecule has 0 radical (unpaired) electrons. The van der Waals surface area contributed by atoms with E-state index in [0.717, 1.165) is 5.56 Å². The van der Waals surface area contributed by atoms with Gasteiger partial charge in [-0.25, -0.2) is 9.78 Å².